The lowest BCUT2D eigenvalue weighted by molar-refractivity contribution is 0.0280. The Morgan fingerprint density at radius 1 is 1.67 bits per heavy atom. The molecule has 1 saturated heterocycles. The number of nitrogens with zero attached hydrogens (tertiary/aromatic N) is 2. The zero-order chi connectivity index (χ0) is 12.9. The molecule has 1 radical (unpaired) electrons. The molecule has 0 spiro atoms. The zero-order valence-electron chi connectivity index (χ0n) is 9.80. The van der Waals surface area contributed by atoms with Crippen LogP contribution in [0.4, 0.5) is 6.01 Å². The van der Waals surface area contributed by atoms with Crippen molar-refractivity contribution in [2.24, 2.45) is 5.73 Å². The second kappa shape index (κ2) is 3.46. The van der Waals surface area contributed by atoms with Crippen LogP contribution in [-0.4, -0.2) is 34.7 Å². The maximum absolute atomic E-state index is 11.2. The summed E-state index contributed by atoms with van der Waals surface area (Å²) >= 11 is 0. The lowest BCUT2D eigenvalue weighted by Gasteiger charge is -2.42. The quantitative estimate of drug-likeness (QED) is 0.794. The van der Waals surface area contributed by atoms with Crippen LogP contribution in [0.15, 0.2) is 16.5 Å². The van der Waals surface area contributed by atoms with Gasteiger partial charge >= 0.3 is 0 Å². The molecule has 1 aliphatic heterocycles. The van der Waals surface area contributed by atoms with Gasteiger partial charge in [-0.3, -0.25) is 4.79 Å². The Morgan fingerprint density at radius 3 is 3.00 bits per heavy atom. The van der Waals surface area contributed by atoms with Crippen molar-refractivity contribution >= 4 is 23.0 Å². The standard InChI is InChI=1S/C12H12N3O3/c1-12(17)5-15(6-12)11-14-9-7(10(13)16)3-2-4-8(9)18-11/h2,4,17H,5-6H2,1H3,(H2,13,16). The van der Waals surface area contributed by atoms with E-state index >= 15 is 0 Å². The number of hydrogen-bond acceptors (Lipinski definition) is 5. The fourth-order valence-electron chi connectivity index (χ4n) is 2.12. The molecule has 0 bridgehead atoms. The summed E-state index contributed by atoms with van der Waals surface area (Å²) in [7, 11) is 0. The molecule has 1 aromatic carbocycles. The van der Waals surface area contributed by atoms with E-state index in [0.717, 1.165) is 0 Å². The van der Waals surface area contributed by atoms with Crippen LogP contribution in [0, 0.1) is 6.07 Å². The van der Waals surface area contributed by atoms with Crippen molar-refractivity contribution in [1.82, 2.24) is 4.98 Å². The van der Waals surface area contributed by atoms with E-state index in [-0.39, 0.29) is 5.56 Å². The average molecular weight is 246 g/mol. The van der Waals surface area contributed by atoms with Gasteiger partial charge < -0.3 is 20.2 Å². The molecule has 0 unspecified atom stereocenters. The molecule has 1 aromatic heterocycles. The first kappa shape index (κ1) is 11.0. The van der Waals surface area contributed by atoms with Gasteiger partial charge in [-0.25, -0.2) is 0 Å². The average Bonchev–Trinajstić information content (AvgIpc) is 2.68. The lowest BCUT2D eigenvalue weighted by Crippen LogP contribution is -2.60. The Labute approximate surface area is 103 Å². The van der Waals surface area contributed by atoms with Crippen molar-refractivity contribution in [1.29, 1.82) is 0 Å². The number of benzene rings is 1. The van der Waals surface area contributed by atoms with Crippen molar-refractivity contribution < 1.29 is 14.3 Å². The van der Waals surface area contributed by atoms with Gasteiger partial charge in [-0.1, -0.05) is 0 Å². The highest BCUT2D eigenvalue weighted by molar-refractivity contribution is 6.03. The number of primary amides is 1. The van der Waals surface area contributed by atoms with Crippen LogP contribution in [0.5, 0.6) is 0 Å². The molecule has 18 heavy (non-hydrogen) atoms. The summed E-state index contributed by atoms with van der Waals surface area (Å²) < 4.78 is 5.53. The number of amides is 1. The summed E-state index contributed by atoms with van der Waals surface area (Å²) in [5, 5.41) is 9.67. The minimum Gasteiger partial charge on any atom is -0.423 e. The summed E-state index contributed by atoms with van der Waals surface area (Å²) in [5.41, 5.74) is 5.66. The summed E-state index contributed by atoms with van der Waals surface area (Å²) in [5.74, 6) is -0.587. The number of fused-ring (bicyclic) bond motifs is 1. The lowest BCUT2D eigenvalue weighted by atomic mass is 9.98. The van der Waals surface area contributed by atoms with Crippen molar-refractivity contribution in [3.8, 4) is 0 Å². The molecule has 0 atom stereocenters. The Balaban J connectivity index is 2.02. The minimum atomic E-state index is -0.709. The third kappa shape index (κ3) is 1.62. The number of rotatable bonds is 2. The fourth-order valence-corrected chi connectivity index (χ4v) is 2.12. The molecule has 93 valence electrons. The zero-order valence-corrected chi connectivity index (χ0v) is 9.80. The van der Waals surface area contributed by atoms with Gasteiger partial charge in [0.1, 0.15) is 5.52 Å². The summed E-state index contributed by atoms with van der Waals surface area (Å²) in [6, 6.07) is 6.39. The topological polar surface area (TPSA) is 92.6 Å². The first-order chi connectivity index (χ1) is 8.46. The number of nitrogens with two attached hydrogens (primary N) is 1. The van der Waals surface area contributed by atoms with Gasteiger partial charge in [-0.15, -0.1) is 0 Å². The molecule has 1 amide bonds. The van der Waals surface area contributed by atoms with Crippen LogP contribution in [0.25, 0.3) is 11.1 Å². The smallest absolute Gasteiger partial charge is 0.298 e. The molecular weight excluding hydrogens is 234 g/mol. The van der Waals surface area contributed by atoms with Gasteiger partial charge in [-0.05, 0) is 25.1 Å². The molecule has 2 aromatic rings. The summed E-state index contributed by atoms with van der Waals surface area (Å²) in [6.07, 6.45) is 0. The predicted molar refractivity (Wildman–Crippen MR) is 64.2 cm³/mol. The number of aromatic nitrogens is 1. The molecule has 6 nitrogen and oxygen atoms in total. The molecule has 3 rings (SSSR count). The predicted octanol–water partition coefficient (Wildman–Crippen LogP) is 0.298. The first-order valence-corrected chi connectivity index (χ1v) is 5.55. The molecular formula is C12H12N3O3. The second-order valence-electron chi connectivity index (χ2n) is 4.78. The highest BCUT2D eigenvalue weighted by Crippen LogP contribution is 2.30. The normalized spacial score (nSPS) is 17.8. The molecule has 0 aliphatic carbocycles. The number of anilines is 1. The molecule has 0 saturated carbocycles. The number of carbonyl (C=O) groups is 1. The minimum absolute atomic E-state index is 0.217. The Hall–Kier alpha value is -2.08. The molecule has 6 heteroatoms. The number of β-amino-alcohol motifs (C(OH)–C–C–N with tert-alkyl or cyclic N) is 1. The van der Waals surface area contributed by atoms with E-state index in [0.29, 0.717) is 30.2 Å². The second-order valence-corrected chi connectivity index (χ2v) is 4.78. The largest absolute Gasteiger partial charge is 0.423 e. The number of hydrogen-bond donors (Lipinski definition) is 2. The van der Waals surface area contributed by atoms with Crippen LogP contribution in [-0.2, 0) is 0 Å². The molecule has 1 aliphatic rings. The summed E-state index contributed by atoms with van der Waals surface area (Å²) in [6.45, 7) is 2.65. The van der Waals surface area contributed by atoms with E-state index in [9.17, 15) is 9.90 Å². The van der Waals surface area contributed by atoms with E-state index in [1.165, 1.54) is 0 Å². The highest BCUT2D eigenvalue weighted by atomic mass is 16.4. The highest BCUT2D eigenvalue weighted by Gasteiger charge is 2.39. The van der Waals surface area contributed by atoms with Crippen molar-refractivity contribution in [3.63, 3.8) is 0 Å². The van der Waals surface area contributed by atoms with Crippen LogP contribution < -0.4 is 10.6 Å². The molecule has 3 N–H and O–H groups in total. The SMILES string of the molecule is CC1(O)CN(c2nc3c(C(N)=O)[c]ccc3o2)C1. The Bertz CT molecular complexity index is 625. The van der Waals surface area contributed by atoms with Crippen LogP contribution >= 0.6 is 0 Å². The number of oxazole rings is 1. The fraction of sp³-hybridized carbons (Fsp3) is 0.333. The Kier molecular flexibility index (Phi) is 2.12. The van der Waals surface area contributed by atoms with Gasteiger partial charge in [0.25, 0.3) is 11.9 Å². The van der Waals surface area contributed by atoms with Gasteiger partial charge in [0.05, 0.1) is 24.3 Å². The molecule has 2 heterocycles. The van der Waals surface area contributed by atoms with Crippen molar-refractivity contribution in [3.05, 3.63) is 23.8 Å². The van der Waals surface area contributed by atoms with Crippen molar-refractivity contribution in [2.75, 3.05) is 18.0 Å². The Morgan fingerprint density at radius 2 is 2.39 bits per heavy atom. The number of aliphatic hydroxyl groups is 1. The van der Waals surface area contributed by atoms with Crippen LogP contribution in [0.1, 0.15) is 17.3 Å². The van der Waals surface area contributed by atoms with Crippen LogP contribution in [0.2, 0.25) is 0 Å². The number of carbonyl (C=O) groups excluding carboxylic acids is 1. The van der Waals surface area contributed by atoms with E-state index in [1.807, 2.05) is 0 Å². The van der Waals surface area contributed by atoms with Gasteiger partial charge in [0, 0.05) is 0 Å². The van der Waals surface area contributed by atoms with Crippen molar-refractivity contribution in [2.45, 2.75) is 12.5 Å². The first-order valence-electron chi connectivity index (χ1n) is 5.55. The van der Waals surface area contributed by atoms with E-state index < -0.39 is 11.5 Å². The van der Waals surface area contributed by atoms with E-state index in [2.05, 4.69) is 11.1 Å². The third-order valence-electron chi connectivity index (χ3n) is 2.92. The molecule has 1 fully saturated rings. The van der Waals surface area contributed by atoms with E-state index in [1.54, 1.807) is 24.0 Å². The van der Waals surface area contributed by atoms with Gasteiger partial charge in [-0.2, -0.15) is 4.98 Å². The van der Waals surface area contributed by atoms with E-state index in [4.69, 9.17) is 10.2 Å². The monoisotopic (exact) mass is 246 g/mol. The maximum atomic E-state index is 11.2. The van der Waals surface area contributed by atoms with Gasteiger partial charge in [0.15, 0.2) is 5.58 Å². The van der Waals surface area contributed by atoms with Crippen LogP contribution in [0.3, 0.4) is 0 Å². The summed E-state index contributed by atoms with van der Waals surface area (Å²) in [4.78, 5) is 17.3. The maximum Gasteiger partial charge on any atom is 0.298 e. The third-order valence-corrected chi connectivity index (χ3v) is 2.92. The van der Waals surface area contributed by atoms with Gasteiger partial charge in [0.2, 0.25) is 0 Å².